The van der Waals surface area contributed by atoms with Crippen LogP contribution in [0.2, 0.25) is 0 Å². The molecule has 0 unspecified atom stereocenters. The number of aryl methyl sites for hydroxylation is 2. The summed E-state index contributed by atoms with van der Waals surface area (Å²) in [6.45, 7) is 3.11. The fourth-order valence-corrected chi connectivity index (χ4v) is 3.00. The van der Waals surface area contributed by atoms with E-state index in [0.29, 0.717) is 24.5 Å². The number of aromatic nitrogens is 2. The molecule has 1 aliphatic heterocycles. The van der Waals surface area contributed by atoms with E-state index in [1.165, 1.54) is 0 Å². The van der Waals surface area contributed by atoms with E-state index in [0.717, 1.165) is 30.9 Å². The molecule has 1 aromatic heterocycles. The summed E-state index contributed by atoms with van der Waals surface area (Å²) in [6.07, 6.45) is 4.19. The number of benzene rings is 1. The van der Waals surface area contributed by atoms with Gasteiger partial charge in [-0.1, -0.05) is 12.1 Å². The van der Waals surface area contributed by atoms with Gasteiger partial charge in [-0.3, -0.25) is 4.79 Å². The van der Waals surface area contributed by atoms with Crippen LogP contribution in [-0.2, 0) is 17.8 Å². The Morgan fingerprint density at radius 2 is 2.17 bits per heavy atom. The number of amides is 1. The van der Waals surface area contributed by atoms with Gasteiger partial charge in [0.25, 0.3) is 0 Å². The number of carbonyl (C=O) groups is 1. The van der Waals surface area contributed by atoms with Gasteiger partial charge in [0.05, 0.1) is 25.8 Å². The van der Waals surface area contributed by atoms with Crippen LogP contribution in [0.4, 0.5) is 0 Å². The molecule has 6 heteroatoms. The second-order valence-electron chi connectivity index (χ2n) is 6.00. The molecule has 0 spiro atoms. The Hall–Kier alpha value is -2.50. The molecule has 1 amide bonds. The van der Waals surface area contributed by atoms with Crippen molar-refractivity contribution in [1.82, 2.24) is 14.9 Å². The van der Waals surface area contributed by atoms with Gasteiger partial charge in [0.15, 0.2) is 11.5 Å². The summed E-state index contributed by atoms with van der Waals surface area (Å²) >= 11 is 0. The van der Waals surface area contributed by atoms with E-state index < -0.39 is 0 Å². The van der Waals surface area contributed by atoms with Crippen LogP contribution in [0, 0.1) is 6.92 Å². The summed E-state index contributed by atoms with van der Waals surface area (Å²) in [5.74, 6) is 2.45. The lowest BCUT2D eigenvalue weighted by Crippen LogP contribution is -2.41. The van der Waals surface area contributed by atoms with Gasteiger partial charge in [-0.25, -0.2) is 4.98 Å². The Bertz CT molecular complexity index is 711. The van der Waals surface area contributed by atoms with Gasteiger partial charge in [-0.2, -0.15) is 0 Å². The predicted octanol–water partition coefficient (Wildman–Crippen LogP) is 2.10. The van der Waals surface area contributed by atoms with Gasteiger partial charge in [0.1, 0.15) is 5.82 Å². The summed E-state index contributed by atoms with van der Waals surface area (Å²) in [6, 6.07) is 7.59. The van der Waals surface area contributed by atoms with Crippen LogP contribution in [0.5, 0.6) is 11.5 Å². The molecule has 0 saturated carbocycles. The quantitative estimate of drug-likeness (QED) is 0.881. The van der Waals surface area contributed by atoms with Crippen LogP contribution in [0.25, 0.3) is 0 Å². The number of methoxy groups -OCH3 is 1. The first-order valence-corrected chi connectivity index (χ1v) is 8.23. The summed E-state index contributed by atoms with van der Waals surface area (Å²) in [7, 11) is 1.60. The third kappa shape index (κ3) is 3.88. The minimum absolute atomic E-state index is 0.00943. The van der Waals surface area contributed by atoms with Crippen molar-refractivity contribution in [3.63, 3.8) is 0 Å². The molecule has 1 atom stereocenters. The molecule has 2 heterocycles. The molecular formula is C18H23N3O3. The Morgan fingerprint density at radius 1 is 1.38 bits per heavy atom. The van der Waals surface area contributed by atoms with Crippen LogP contribution in [0.1, 0.15) is 24.4 Å². The minimum atomic E-state index is 0.00943. The first-order chi connectivity index (χ1) is 11.7. The van der Waals surface area contributed by atoms with Gasteiger partial charge < -0.3 is 19.4 Å². The minimum Gasteiger partial charge on any atom is -0.493 e. The van der Waals surface area contributed by atoms with E-state index in [-0.39, 0.29) is 11.9 Å². The zero-order valence-corrected chi connectivity index (χ0v) is 14.1. The highest BCUT2D eigenvalue weighted by Gasteiger charge is 2.21. The summed E-state index contributed by atoms with van der Waals surface area (Å²) in [5.41, 5.74) is 1.03. The first-order valence-electron chi connectivity index (χ1n) is 8.23. The van der Waals surface area contributed by atoms with Crippen LogP contribution < -0.4 is 14.8 Å². The van der Waals surface area contributed by atoms with E-state index >= 15 is 0 Å². The average molecular weight is 329 g/mol. The molecule has 0 radical (unpaired) electrons. The topological polar surface area (TPSA) is 65.4 Å². The van der Waals surface area contributed by atoms with E-state index in [1.54, 1.807) is 7.11 Å². The summed E-state index contributed by atoms with van der Waals surface area (Å²) in [4.78, 5) is 16.6. The molecule has 1 aliphatic rings. The predicted molar refractivity (Wildman–Crippen MR) is 90.3 cm³/mol. The molecule has 24 heavy (non-hydrogen) atoms. The van der Waals surface area contributed by atoms with Gasteiger partial charge in [-0.05, 0) is 25.5 Å². The molecule has 3 rings (SSSR count). The zero-order chi connectivity index (χ0) is 16.9. The lowest BCUT2D eigenvalue weighted by molar-refractivity contribution is -0.122. The van der Waals surface area contributed by atoms with Crippen molar-refractivity contribution in [2.24, 2.45) is 0 Å². The SMILES string of the molecule is COc1ccccc1OCCC(=O)N[C@H]1CCc2nc(C)cn2C1. The number of carbonyl (C=O) groups excluding carboxylic acids is 1. The maximum absolute atomic E-state index is 12.1. The number of nitrogens with zero attached hydrogens (tertiary/aromatic N) is 2. The molecule has 0 fully saturated rings. The molecular weight excluding hydrogens is 306 g/mol. The molecule has 6 nitrogen and oxygen atoms in total. The number of imidazole rings is 1. The van der Waals surface area contributed by atoms with E-state index in [2.05, 4.69) is 14.9 Å². The highest BCUT2D eigenvalue weighted by Crippen LogP contribution is 2.25. The second-order valence-corrected chi connectivity index (χ2v) is 6.00. The average Bonchev–Trinajstić information content (AvgIpc) is 2.94. The Morgan fingerprint density at radius 3 is 2.96 bits per heavy atom. The Balaban J connectivity index is 1.45. The third-order valence-corrected chi connectivity index (χ3v) is 4.13. The molecule has 1 aromatic carbocycles. The van der Waals surface area contributed by atoms with Crippen molar-refractivity contribution < 1.29 is 14.3 Å². The number of ether oxygens (including phenoxy) is 2. The van der Waals surface area contributed by atoms with Crippen LogP contribution >= 0.6 is 0 Å². The number of nitrogens with one attached hydrogen (secondary N) is 1. The number of para-hydroxylation sites is 2. The molecule has 0 bridgehead atoms. The first kappa shape index (κ1) is 16.4. The third-order valence-electron chi connectivity index (χ3n) is 4.13. The normalized spacial score (nSPS) is 16.3. The van der Waals surface area contributed by atoms with Gasteiger partial charge in [-0.15, -0.1) is 0 Å². The Labute approximate surface area is 141 Å². The van der Waals surface area contributed by atoms with Crippen LogP contribution in [0.15, 0.2) is 30.5 Å². The van der Waals surface area contributed by atoms with E-state index in [9.17, 15) is 4.79 Å². The monoisotopic (exact) mass is 329 g/mol. The fourth-order valence-electron chi connectivity index (χ4n) is 3.00. The van der Waals surface area contributed by atoms with Crippen molar-refractivity contribution in [3.05, 3.63) is 42.0 Å². The number of fused-ring (bicyclic) bond motifs is 1. The Kier molecular flexibility index (Phi) is 5.03. The maximum atomic E-state index is 12.1. The molecule has 0 aliphatic carbocycles. The lowest BCUT2D eigenvalue weighted by Gasteiger charge is -2.24. The largest absolute Gasteiger partial charge is 0.493 e. The smallest absolute Gasteiger partial charge is 0.223 e. The van der Waals surface area contributed by atoms with Crippen molar-refractivity contribution in [3.8, 4) is 11.5 Å². The van der Waals surface area contributed by atoms with Crippen LogP contribution in [0.3, 0.4) is 0 Å². The number of rotatable bonds is 6. The highest BCUT2D eigenvalue weighted by atomic mass is 16.5. The molecule has 2 aromatic rings. The second kappa shape index (κ2) is 7.38. The van der Waals surface area contributed by atoms with Crippen molar-refractivity contribution >= 4 is 5.91 Å². The number of hydrogen-bond donors (Lipinski definition) is 1. The van der Waals surface area contributed by atoms with Gasteiger partial charge in [0.2, 0.25) is 5.91 Å². The molecule has 1 N–H and O–H groups in total. The standard InChI is InChI=1S/C18H23N3O3/c1-13-11-21-12-14(7-8-17(21)19-13)20-18(22)9-10-24-16-6-4-3-5-15(16)23-2/h3-6,11,14H,7-10,12H2,1-2H3,(H,20,22)/t14-/m0/s1. The van der Waals surface area contributed by atoms with Gasteiger partial charge in [0, 0.05) is 25.2 Å². The van der Waals surface area contributed by atoms with E-state index in [4.69, 9.17) is 9.47 Å². The summed E-state index contributed by atoms with van der Waals surface area (Å²) < 4.78 is 13.0. The molecule has 128 valence electrons. The van der Waals surface area contributed by atoms with Crippen molar-refractivity contribution in [2.45, 2.75) is 38.8 Å². The fraction of sp³-hybridized carbons (Fsp3) is 0.444. The van der Waals surface area contributed by atoms with Crippen molar-refractivity contribution in [2.75, 3.05) is 13.7 Å². The van der Waals surface area contributed by atoms with Gasteiger partial charge >= 0.3 is 0 Å². The van der Waals surface area contributed by atoms with Crippen molar-refractivity contribution in [1.29, 1.82) is 0 Å². The van der Waals surface area contributed by atoms with E-state index in [1.807, 2.05) is 37.4 Å². The van der Waals surface area contributed by atoms with Crippen LogP contribution in [-0.4, -0.2) is 35.2 Å². The number of hydrogen-bond acceptors (Lipinski definition) is 4. The summed E-state index contributed by atoms with van der Waals surface area (Å²) in [5, 5.41) is 3.09. The molecule has 0 saturated heterocycles. The highest BCUT2D eigenvalue weighted by molar-refractivity contribution is 5.76. The lowest BCUT2D eigenvalue weighted by atomic mass is 10.1. The maximum Gasteiger partial charge on any atom is 0.223 e. The zero-order valence-electron chi connectivity index (χ0n) is 14.1.